The number of carbonyl (C=O) groups is 2. The standard InChI is InChI=1S/C13H16Cl2N2O3/c1-3-20-13(19)16-6-7-17(9(2)18)12-5-4-10(14)8-11(12)15/h4-5,8H,3,6-7H2,1-2H3,(H,16,19). The summed E-state index contributed by atoms with van der Waals surface area (Å²) in [6.07, 6.45) is -0.516. The number of hydrogen-bond acceptors (Lipinski definition) is 3. The Hall–Kier alpha value is -1.46. The van der Waals surface area contributed by atoms with Crippen molar-refractivity contribution in [2.24, 2.45) is 0 Å². The lowest BCUT2D eigenvalue weighted by atomic mass is 10.2. The molecule has 1 aromatic carbocycles. The zero-order chi connectivity index (χ0) is 15.1. The van der Waals surface area contributed by atoms with Gasteiger partial charge in [0, 0.05) is 25.0 Å². The number of nitrogens with one attached hydrogen (secondary N) is 1. The average Bonchev–Trinajstić information content (AvgIpc) is 2.36. The van der Waals surface area contributed by atoms with Crippen LogP contribution in [0.1, 0.15) is 13.8 Å². The number of rotatable bonds is 5. The van der Waals surface area contributed by atoms with Gasteiger partial charge in [0.25, 0.3) is 0 Å². The van der Waals surface area contributed by atoms with Gasteiger partial charge in [-0.1, -0.05) is 23.2 Å². The molecule has 0 atom stereocenters. The molecule has 1 N–H and O–H groups in total. The molecule has 0 bridgehead atoms. The summed E-state index contributed by atoms with van der Waals surface area (Å²) in [5.41, 5.74) is 0.550. The lowest BCUT2D eigenvalue weighted by Gasteiger charge is -2.22. The van der Waals surface area contributed by atoms with Crippen LogP contribution in [0.15, 0.2) is 18.2 Å². The molecule has 0 aliphatic carbocycles. The molecule has 0 heterocycles. The van der Waals surface area contributed by atoms with Crippen LogP contribution in [0.3, 0.4) is 0 Å². The zero-order valence-corrected chi connectivity index (χ0v) is 12.8. The molecule has 0 unspecified atom stereocenters. The summed E-state index contributed by atoms with van der Waals surface area (Å²) in [6.45, 7) is 3.99. The summed E-state index contributed by atoms with van der Waals surface area (Å²) >= 11 is 11.9. The first-order valence-corrected chi connectivity index (χ1v) is 6.85. The van der Waals surface area contributed by atoms with Crippen molar-refractivity contribution in [3.05, 3.63) is 28.2 Å². The quantitative estimate of drug-likeness (QED) is 0.907. The van der Waals surface area contributed by atoms with Gasteiger partial charge in [0.1, 0.15) is 0 Å². The van der Waals surface area contributed by atoms with Crippen molar-refractivity contribution in [2.75, 3.05) is 24.6 Å². The molecule has 110 valence electrons. The van der Waals surface area contributed by atoms with E-state index in [4.69, 9.17) is 27.9 Å². The first kappa shape index (κ1) is 16.6. The SMILES string of the molecule is CCOC(=O)NCCN(C(C)=O)c1ccc(Cl)cc1Cl. The first-order chi connectivity index (χ1) is 9.45. The molecule has 0 spiro atoms. The number of amides is 2. The number of hydrogen-bond donors (Lipinski definition) is 1. The van der Waals surface area contributed by atoms with Crippen molar-refractivity contribution in [2.45, 2.75) is 13.8 Å². The minimum atomic E-state index is -0.516. The van der Waals surface area contributed by atoms with Crippen LogP contribution in [0.2, 0.25) is 10.0 Å². The van der Waals surface area contributed by atoms with Crippen molar-refractivity contribution in [1.29, 1.82) is 0 Å². The Morgan fingerprint density at radius 3 is 2.60 bits per heavy atom. The molecule has 0 aliphatic rings. The van der Waals surface area contributed by atoms with Gasteiger partial charge < -0.3 is 15.0 Å². The van der Waals surface area contributed by atoms with Crippen molar-refractivity contribution in [3.8, 4) is 0 Å². The van der Waals surface area contributed by atoms with Crippen LogP contribution in [-0.4, -0.2) is 31.7 Å². The third kappa shape index (κ3) is 4.90. The zero-order valence-electron chi connectivity index (χ0n) is 11.3. The van der Waals surface area contributed by atoms with Gasteiger partial charge in [-0.3, -0.25) is 4.79 Å². The lowest BCUT2D eigenvalue weighted by Crippen LogP contribution is -2.37. The van der Waals surface area contributed by atoms with Gasteiger partial charge in [0.15, 0.2) is 0 Å². The van der Waals surface area contributed by atoms with E-state index in [0.717, 1.165) is 0 Å². The Morgan fingerprint density at radius 1 is 1.35 bits per heavy atom. The summed E-state index contributed by atoms with van der Waals surface area (Å²) in [5.74, 6) is -0.181. The number of ether oxygens (including phenoxy) is 1. The summed E-state index contributed by atoms with van der Waals surface area (Å²) in [7, 11) is 0. The predicted molar refractivity (Wildman–Crippen MR) is 79.5 cm³/mol. The summed E-state index contributed by atoms with van der Waals surface area (Å²) < 4.78 is 4.73. The number of halogens is 2. The third-order valence-corrected chi connectivity index (χ3v) is 3.00. The molecule has 7 heteroatoms. The van der Waals surface area contributed by atoms with Crippen LogP contribution in [-0.2, 0) is 9.53 Å². The van der Waals surface area contributed by atoms with E-state index in [-0.39, 0.29) is 19.0 Å². The van der Waals surface area contributed by atoms with E-state index < -0.39 is 6.09 Å². The Morgan fingerprint density at radius 2 is 2.05 bits per heavy atom. The summed E-state index contributed by atoms with van der Waals surface area (Å²) in [5, 5.41) is 3.42. The van der Waals surface area contributed by atoms with Gasteiger partial charge in [-0.2, -0.15) is 0 Å². The maximum atomic E-state index is 11.7. The highest BCUT2D eigenvalue weighted by molar-refractivity contribution is 6.36. The molecular formula is C13H16Cl2N2O3. The van der Waals surface area contributed by atoms with Crippen molar-refractivity contribution in [3.63, 3.8) is 0 Å². The fraction of sp³-hybridized carbons (Fsp3) is 0.385. The predicted octanol–water partition coefficient (Wildman–Crippen LogP) is 3.09. The van der Waals surface area contributed by atoms with E-state index in [2.05, 4.69) is 5.32 Å². The van der Waals surface area contributed by atoms with Gasteiger partial charge >= 0.3 is 6.09 Å². The molecule has 0 aliphatic heterocycles. The Labute approximate surface area is 127 Å². The van der Waals surface area contributed by atoms with Crippen molar-refractivity contribution < 1.29 is 14.3 Å². The second-order valence-electron chi connectivity index (χ2n) is 3.91. The molecule has 1 rings (SSSR count). The fourth-order valence-electron chi connectivity index (χ4n) is 1.60. The third-order valence-electron chi connectivity index (χ3n) is 2.46. The van der Waals surface area contributed by atoms with Gasteiger partial charge in [-0.15, -0.1) is 0 Å². The molecule has 2 amide bonds. The normalized spacial score (nSPS) is 10.0. The van der Waals surface area contributed by atoms with Crippen molar-refractivity contribution >= 4 is 40.9 Å². The second-order valence-corrected chi connectivity index (χ2v) is 4.76. The number of carbonyl (C=O) groups excluding carboxylic acids is 2. The highest BCUT2D eigenvalue weighted by Gasteiger charge is 2.15. The molecule has 0 radical (unpaired) electrons. The van der Waals surface area contributed by atoms with E-state index in [1.165, 1.54) is 11.8 Å². The molecule has 5 nitrogen and oxygen atoms in total. The Bertz CT molecular complexity index is 495. The first-order valence-electron chi connectivity index (χ1n) is 6.09. The van der Waals surface area contributed by atoms with E-state index in [1.807, 2.05) is 0 Å². The molecule has 0 aromatic heterocycles. The average molecular weight is 319 g/mol. The summed E-state index contributed by atoms with van der Waals surface area (Å²) in [6, 6.07) is 4.88. The topological polar surface area (TPSA) is 58.6 Å². The van der Waals surface area contributed by atoms with Crippen LogP contribution >= 0.6 is 23.2 Å². The molecule has 0 saturated heterocycles. The van der Waals surface area contributed by atoms with Crippen LogP contribution in [0.5, 0.6) is 0 Å². The van der Waals surface area contributed by atoms with Crippen LogP contribution < -0.4 is 10.2 Å². The van der Waals surface area contributed by atoms with E-state index in [0.29, 0.717) is 22.3 Å². The number of anilines is 1. The Kier molecular flexibility index (Phi) is 6.61. The maximum Gasteiger partial charge on any atom is 0.407 e. The minimum Gasteiger partial charge on any atom is -0.450 e. The minimum absolute atomic E-state index is 0.181. The van der Waals surface area contributed by atoms with Crippen LogP contribution in [0.4, 0.5) is 10.5 Å². The molecule has 0 saturated carbocycles. The van der Waals surface area contributed by atoms with Gasteiger partial charge in [0.2, 0.25) is 5.91 Å². The fourth-order valence-corrected chi connectivity index (χ4v) is 2.11. The molecule has 1 aromatic rings. The monoisotopic (exact) mass is 318 g/mol. The smallest absolute Gasteiger partial charge is 0.407 e. The number of alkyl carbamates (subject to hydrolysis) is 1. The number of nitrogens with zero attached hydrogens (tertiary/aromatic N) is 1. The molecule has 20 heavy (non-hydrogen) atoms. The molecular weight excluding hydrogens is 303 g/mol. The largest absolute Gasteiger partial charge is 0.450 e. The van der Waals surface area contributed by atoms with E-state index >= 15 is 0 Å². The second kappa shape index (κ2) is 7.97. The Balaban J connectivity index is 2.70. The maximum absolute atomic E-state index is 11.7. The van der Waals surface area contributed by atoms with Crippen molar-refractivity contribution in [1.82, 2.24) is 5.32 Å². The van der Waals surface area contributed by atoms with Gasteiger partial charge in [0.05, 0.1) is 17.3 Å². The van der Waals surface area contributed by atoms with Gasteiger partial charge in [-0.05, 0) is 25.1 Å². The van der Waals surface area contributed by atoms with Crippen LogP contribution in [0, 0.1) is 0 Å². The highest BCUT2D eigenvalue weighted by Crippen LogP contribution is 2.28. The van der Waals surface area contributed by atoms with E-state index in [1.54, 1.807) is 25.1 Å². The number of benzene rings is 1. The lowest BCUT2D eigenvalue weighted by molar-refractivity contribution is -0.116. The highest BCUT2D eigenvalue weighted by atomic mass is 35.5. The molecule has 0 fully saturated rings. The van der Waals surface area contributed by atoms with Crippen LogP contribution in [0.25, 0.3) is 0 Å². The summed E-state index contributed by atoms with van der Waals surface area (Å²) in [4.78, 5) is 24.3. The van der Waals surface area contributed by atoms with Gasteiger partial charge in [-0.25, -0.2) is 4.79 Å². The van der Waals surface area contributed by atoms with E-state index in [9.17, 15) is 9.59 Å².